The summed E-state index contributed by atoms with van der Waals surface area (Å²) in [5.41, 5.74) is 0. The first kappa shape index (κ1) is 13.9. The summed E-state index contributed by atoms with van der Waals surface area (Å²) in [6, 6.07) is 0. The van der Waals surface area contributed by atoms with E-state index < -0.39 is 0 Å². The molecule has 3 nitrogen and oxygen atoms in total. The van der Waals surface area contributed by atoms with E-state index in [1.54, 1.807) is 0 Å². The molecule has 0 spiro atoms. The average molecular weight is 229 g/mol. The fourth-order valence-corrected chi connectivity index (χ4v) is 2.43. The first-order valence-corrected chi connectivity index (χ1v) is 6.71. The van der Waals surface area contributed by atoms with Crippen LogP contribution in [0.1, 0.15) is 46.5 Å². The lowest BCUT2D eigenvalue weighted by Gasteiger charge is -2.21. The largest absolute Gasteiger partial charge is 0.392 e. The fraction of sp³-hybridized carbons (Fsp3) is 1.00. The fourth-order valence-electron chi connectivity index (χ4n) is 2.43. The Kier molecular flexibility index (Phi) is 6.32. The van der Waals surface area contributed by atoms with Crippen molar-refractivity contribution < 1.29 is 9.84 Å². The zero-order valence-electron chi connectivity index (χ0n) is 10.9. The van der Waals surface area contributed by atoms with Gasteiger partial charge >= 0.3 is 0 Å². The highest BCUT2D eigenvalue weighted by Crippen LogP contribution is 2.18. The molecule has 3 heteroatoms. The molecule has 3 atom stereocenters. The summed E-state index contributed by atoms with van der Waals surface area (Å²) in [6.45, 7) is 7.97. The van der Waals surface area contributed by atoms with Crippen LogP contribution in [0.3, 0.4) is 0 Å². The molecule has 0 bridgehead atoms. The molecule has 1 heterocycles. The van der Waals surface area contributed by atoms with Crippen LogP contribution in [0.5, 0.6) is 0 Å². The number of rotatable bonds is 7. The molecule has 0 saturated carbocycles. The SMILES string of the molecule is CCC(CC)C(O)CNCC1CCC(C)O1. The predicted molar refractivity (Wildman–Crippen MR) is 66.5 cm³/mol. The normalized spacial score (nSPS) is 27.6. The lowest BCUT2D eigenvalue weighted by molar-refractivity contribution is 0.0498. The second-order valence-electron chi connectivity index (χ2n) is 4.95. The van der Waals surface area contributed by atoms with Crippen LogP contribution in [0.4, 0.5) is 0 Å². The molecule has 0 aromatic carbocycles. The molecule has 1 rings (SSSR count). The van der Waals surface area contributed by atoms with Crippen molar-refractivity contribution in [2.75, 3.05) is 13.1 Å². The highest BCUT2D eigenvalue weighted by atomic mass is 16.5. The summed E-state index contributed by atoms with van der Waals surface area (Å²) in [6.07, 6.45) is 4.97. The van der Waals surface area contributed by atoms with Gasteiger partial charge in [-0.1, -0.05) is 26.7 Å². The zero-order chi connectivity index (χ0) is 12.0. The summed E-state index contributed by atoms with van der Waals surface area (Å²) < 4.78 is 5.71. The molecule has 16 heavy (non-hydrogen) atoms. The monoisotopic (exact) mass is 229 g/mol. The second-order valence-corrected chi connectivity index (χ2v) is 4.95. The molecule has 0 aromatic rings. The Hall–Kier alpha value is -0.120. The Morgan fingerprint density at radius 2 is 2.00 bits per heavy atom. The molecule has 0 aromatic heterocycles. The van der Waals surface area contributed by atoms with Crippen LogP contribution in [-0.2, 0) is 4.74 Å². The van der Waals surface area contributed by atoms with E-state index >= 15 is 0 Å². The number of ether oxygens (including phenoxy) is 1. The Bertz CT molecular complexity index is 183. The van der Waals surface area contributed by atoms with Gasteiger partial charge in [-0.3, -0.25) is 0 Å². The molecule has 1 fully saturated rings. The summed E-state index contributed by atoms with van der Waals surface area (Å²) in [4.78, 5) is 0. The van der Waals surface area contributed by atoms with Crippen molar-refractivity contribution in [1.29, 1.82) is 0 Å². The number of hydrogen-bond acceptors (Lipinski definition) is 3. The minimum atomic E-state index is -0.214. The highest BCUT2D eigenvalue weighted by molar-refractivity contribution is 4.74. The van der Waals surface area contributed by atoms with Crippen molar-refractivity contribution in [2.45, 2.75) is 64.8 Å². The van der Waals surface area contributed by atoms with E-state index in [1.807, 2.05) is 0 Å². The van der Waals surface area contributed by atoms with Gasteiger partial charge in [-0.05, 0) is 25.7 Å². The van der Waals surface area contributed by atoms with Crippen LogP contribution in [0.2, 0.25) is 0 Å². The van der Waals surface area contributed by atoms with Gasteiger partial charge in [0.2, 0.25) is 0 Å². The number of aliphatic hydroxyl groups excluding tert-OH is 1. The highest BCUT2D eigenvalue weighted by Gasteiger charge is 2.22. The zero-order valence-corrected chi connectivity index (χ0v) is 10.9. The Morgan fingerprint density at radius 3 is 2.50 bits per heavy atom. The van der Waals surface area contributed by atoms with Crippen molar-refractivity contribution >= 4 is 0 Å². The van der Waals surface area contributed by atoms with E-state index in [-0.39, 0.29) is 6.10 Å². The van der Waals surface area contributed by atoms with Crippen LogP contribution in [0, 0.1) is 5.92 Å². The maximum atomic E-state index is 9.93. The number of nitrogens with one attached hydrogen (secondary N) is 1. The summed E-state index contributed by atoms with van der Waals surface area (Å²) in [5, 5.41) is 13.3. The molecule has 3 unspecified atom stereocenters. The van der Waals surface area contributed by atoms with E-state index in [4.69, 9.17) is 4.74 Å². The van der Waals surface area contributed by atoms with Gasteiger partial charge in [0.1, 0.15) is 0 Å². The minimum Gasteiger partial charge on any atom is -0.392 e. The van der Waals surface area contributed by atoms with Gasteiger partial charge < -0.3 is 15.2 Å². The molecule has 1 aliphatic heterocycles. The van der Waals surface area contributed by atoms with E-state index in [2.05, 4.69) is 26.1 Å². The van der Waals surface area contributed by atoms with Gasteiger partial charge in [0.15, 0.2) is 0 Å². The standard InChI is InChI=1S/C13H27NO2/c1-4-11(5-2)13(15)9-14-8-12-7-6-10(3)16-12/h10-15H,4-9H2,1-3H3. The molecule has 0 radical (unpaired) electrons. The number of hydrogen-bond donors (Lipinski definition) is 2. The van der Waals surface area contributed by atoms with Crippen molar-refractivity contribution in [3.05, 3.63) is 0 Å². The van der Waals surface area contributed by atoms with E-state index in [0.717, 1.165) is 25.8 Å². The lowest BCUT2D eigenvalue weighted by atomic mass is 9.96. The lowest BCUT2D eigenvalue weighted by Crippen LogP contribution is -2.36. The summed E-state index contributed by atoms with van der Waals surface area (Å²) in [5.74, 6) is 0.427. The predicted octanol–water partition coefficient (Wildman–Crippen LogP) is 1.94. The van der Waals surface area contributed by atoms with Gasteiger partial charge in [0, 0.05) is 13.1 Å². The first-order chi connectivity index (χ1) is 7.67. The summed E-state index contributed by atoms with van der Waals surface area (Å²) in [7, 11) is 0. The molecular formula is C13H27NO2. The molecular weight excluding hydrogens is 202 g/mol. The van der Waals surface area contributed by atoms with Gasteiger partial charge in [0.25, 0.3) is 0 Å². The van der Waals surface area contributed by atoms with Gasteiger partial charge in [-0.15, -0.1) is 0 Å². The minimum absolute atomic E-state index is 0.214. The smallest absolute Gasteiger partial charge is 0.0704 e. The van der Waals surface area contributed by atoms with Crippen molar-refractivity contribution in [3.63, 3.8) is 0 Å². The van der Waals surface area contributed by atoms with Gasteiger partial charge in [-0.25, -0.2) is 0 Å². The summed E-state index contributed by atoms with van der Waals surface area (Å²) >= 11 is 0. The van der Waals surface area contributed by atoms with Crippen LogP contribution >= 0.6 is 0 Å². The maximum Gasteiger partial charge on any atom is 0.0704 e. The first-order valence-electron chi connectivity index (χ1n) is 6.71. The van der Waals surface area contributed by atoms with Crippen LogP contribution < -0.4 is 5.32 Å². The molecule has 1 saturated heterocycles. The van der Waals surface area contributed by atoms with Crippen molar-refractivity contribution in [1.82, 2.24) is 5.32 Å². The van der Waals surface area contributed by atoms with Gasteiger partial charge in [0.05, 0.1) is 18.3 Å². The van der Waals surface area contributed by atoms with Crippen molar-refractivity contribution in [3.8, 4) is 0 Å². The number of aliphatic hydroxyl groups is 1. The topological polar surface area (TPSA) is 41.5 Å². The van der Waals surface area contributed by atoms with Crippen LogP contribution in [-0.4, -0.2) is 36.5 Å². The second kappa shape index (κ2) is 7.25. The molecule has 0 amide bonds. The van der Waals surface area contributed by atoms with Crippen LogP contribution in [0.15, 0.2) is 0 Å². The molecule has 1 aliphatic rings. The Morgan fingerprint density at radius 1 is 1.31 bits per heavy atom. The van der Waals surface area contributed by atoms with E-state index in [1.165, 1.54) is 6.42 Å². The quantitative estimate of drug-likeness (QED) is 0.701. The third-order valence-electron chi connectivity index (χ3n) is 3.64. The van der Waals surface area contributed by atoms with Crippen LogP contribution in [0.25, 0.3) is 0 Å². The van der Waals surface area contributed by atoms with Crippen molar-refractivity contribution in [2.24, 2.45) is 5.92 Å². The molecule has 96 valence electrons. The third-order valence-corrected chi connectivity index (χ3v) is 3.64. The Balaban J connectivity index is 2.10. The van der Waals surface area contributed by atoms with E-state index in [0.29, 0.717) is 24.7 Å². The maximum absolute atomic E-state index is 9.93. The third kappa shape index (κ3) is 4.40. The van der Waals surface area contributed by atoms with E-state index in [9.17, 15) is 5.11 Å². The van der Waals surface area contributed by atoms with Gasteiger partial charge in [-0.2, -0.15) is 0 Å². The average Bonchev–Trinajstić information content (AvgIpc) is 2.66. The molecule has 0 aliphatic carbocycles. The molecule has 2 N–H and O–H groups in total. The Labute approximate surface area is 99.6 Å².